The Hall–Kier alpha value is -1.67. The van der Waals surface area contributed by atoms with Crippen molar-refractivity contribution in [1.82, 2.24) is 19.7 Å². The van der Waals surface area contributed by atoms with Crippen LogP contribution in [0, 0.1) is 0 Å². The van der Waals surface area contributed by atoms with Crippen LogP contribution in [0.15, 0.2) is 4.79 Å². The van der Waals surface area contributed by atoms with Gasteiger partial charge in [-0.15, -0.1) is 5.10 Å². The molecular formula is C14H22N4O4. The summed E-state index contributed by atoms with van der Waals surface area (Å²) < 4.78 is 7.03. The highest BCUT2D eigenvalue weighted by atomic mass is 16.5. The van der Waals surface area contributed by atoms with Crippen LogP contribution in [0.3, 0.4) is 0 Å². The third-order valence-corrected chi connectivity index (χ3v) is 4.69. The van der Waals surface area contributed by atoms with Crippen molar-refractivity contribution in [2.45, 2.75) is 43.8 Å². The summed E-state index contributed by atoms with van der Waals surface area (Å²) in [6.45, 7) is 3.46. The van der Waals surface area contributed by atoms with Gasteiger partial charge in [0.2, 0.25) is 5.82 Å². The maximum atomic E-state index is 12.4. The molecule has 22 heavy (non-hydrogen) atoms. The van der Waals surface area contributed by atoms with E-state index in [0.717, 1.165) is 4.68 Å². The highest BCUT2D eigenvalue weighted by molar-refractivity contribution is 5.90. The van der Waals surface area contributed by atoms with E-state index in [2.05, 4.69) is 10.1 Å². The Kier molecular flexibility index (Phi) is 3.60. The lowest BCUT2D eigenvalue weighted by Crippen LogP contribution is -2.54. The van der Waals surface area contributed by atoms with Gasteiger partial charge >= 0.3 is 5.69 Å². The van der Waals surface area contributed by atoms with E-state index in [9.17, 15) is 14.7 Å². The number of amides is 1. The topological polar surface area (TPSA) is 100 Å². The third kappa shape index (κ3) is 2.80. The van der Waals surface area contributed by atoms with Gasteiger partial charge in [-0.2, -0.15) is 0 Å². The quantitative estimate of drug-likeness (QED) is 0.738. The molecule has 0 radical (unpaired) electrons. The van der Waals surface area contributed by atoms with Gasteiger partial charge < -0.3 is 14.7 Å². The lowest BCUT2D eigenvalue weighted by Gasteiger charge is -2.48. The average molecular weight is 310 g/mol. The molecule has 2 N–H and O–H groups in total. The molecule has 3 rings (SSSR count). The summed E-state index contributed by atoms with van der Waals surface area (Å²) in [6.07, 6.45) is 2.62. The van der Waals surface area contributed by atoms with Crippen LogP contribution in [0.5, 0.6) is 0 Å². The maximum Gasteiger partial charge on any atom is 0.343 e. The van der Waals surface area contributed by atoms with E-state index in [1.54, 1.807) is 4.90 Å². The number of H-pyrrole nitrogens is 1. The predicted molar refractivity (Wildman–Crippen MR) is 77.5 cm³/mol. The molecule has 0 aromatic carbocycles. The van der Waals surface area contributed by atoms with E-state index in [1.165, 1.54) is 7.05 Å². The molecule has 8 heteroatoms. The van der Waals surface area contributed by atoms with Crippen LogP contribution in [-0.4, -0.2) is 61.6 Å². The molecule has 1 aromatic heterocycles. The number of rotatable bonds is 1. The first kappa shape index (κ1) is 15.2. The second-order valence-corrected chi connectivity index (χ2v) is 6.65. The molecule has 2 saturated heterocycles. The summed E-state index contributed by atoms with van der Waals surface area (Å²) >= 11 is 0. The Morgan fingerprint density at radius 2 is 2.05 bits per heavy atom. The number of nitrogens with one attached hydrogen (secondary N) is 1. The summed E-state index contributed by atoms with van der Waals surface area (Å²) in [6, 6.07) is 0. The van der Waals surface area contributed by atoms with Gasteiger partial charge in [-0.1, -0.05) is 0 Å². The van der Waals surface area contributed by atoms with E-state index in [4.69, 9.17) is 4.74 Å². The second kappa shape index (κ2) is 5.20. The van der Waals surface area contributed by atoms with Gasteiger partial charge in [0.1, 0.15) is 0 Å². The van der Waals surface area contributed by atoms with Crippen molar-refractivity contribution in [3.05, 3.63) is 16.3 Å². The molecule has 1 atom stereocenters. The molecule has 2 fully saturated rings. The van der Waals surface area contributed by atoms with Gasteiger partial charge in [0, 0.05) is 26.6 Å². The number of aliphatic hydroxyl groups is 1. The number of ether oxygens (including phenoxy) is 1. The first-order chi connectivity index (χ1) is 10.3. The Morgan fingerprint density at radius 1 is 1.36 bits per heavy atom. The highest BCUT2D eigenvalue weighted by Crippen LogP contribution is 2.39. The SMILES string of the molecule is Cn1nc(C(=O)N2CCC3(CC2)CC(C)(O)CCO3)[nH]c1=O. The Bertz CT molecular complexity index is 625. The molecule has 0 saturated carbocycles. The minimum Gasteiger partial charge on any atom is -0.390 e. The first-order valence-electron chi connectivity index (χ1n) is 7.59. The van der Waals surface area contributed by atoms with Crippen molar-refractivity contribution in [1.29, 1.82) is 0 Å². The first-order valence-corrected chi connectivity index (χ1v) is 7.59. The van der Waals surface area contributed by atoms with Crippen molar-refractivity contribution in [2.75, 3.05) is 19.7 Å². The van der Waals surface area contributed by atoms with E-state index >= 15 is 0 Å². The molecule has 122 valence electrons. The van der Waals surface area contributed by atoms with Crippen LogP contribution < -0.4 is 5.69 Å². The van der Waals surface area contributed by atoms with Gasteiger partial charge in [0.25, 0.3) is 5.91 Å². The summed E-state index contributed by atoms with van der Waals surface area (Å²) in [5.41, 5.74) is -1.43. The van der Waals surface area contributed by atoms with Gasteiger partial charge in [0.05, 0.1) is 17.8 Å². The fourth-order valence-electron chi connectivity index (χ4n) is 3.41. The van der Waals surface area contributed by atoms with Crippen molar-refractivity contribution in [3.63, 3.8) is 0 Å². The van der Waals surface area contributed by atoms with E-state index in [1.807, 2.05) is 6.92 Å². The summed E-state index contributed by atoms with van der Waals surface area (Å²) in [5, 5.41) is 14.2. The normalized spacial score (nSPS) is 28.0. The van der Waals surface area contributed by atoms with Gasteiger partial charge in [-0.3, -0.25) is 9.78 Å². The van der Waals surface area contributed by atoms with Crippen LogP contribution in [-0.2, 0) is 11.8 Å². The molecule has 0 aliphatic carbocycles. The number of hydrogen-bond donors (Lipinski definition) is 2. The van der Waals surface area contributed by atoms with Crippen molar-refractivity contribution < 1.29 is 14.6 Å². The molecule has 2 aliphatic rings. The Balaban J connectivity index is 1.66. The lowest BCUT2D eigenvalue weighted by molar-refractivity contribution is -0.170. The van der Waals surface area contributed by atoms with Crippen LogP contribution in [0.25, 0.3) is 0 Å². The van der Waals surface area contributed by atoms with E-state index in [0.29, 0.717) is 45.4 Å². The zero-order valence-corrected chi connectivity index (χ0v) is 13.0. The van der Waals surface area contributed by atoms with Gasteiger partial charge in [0.15, 0.2) is 0 Å². The number of aryl methyl sites for hydroxylation is 1. The molecule has 0 bridgehead atoms. The second-order valence-electron chi connectivity index (χ2n) is 6.65. The van der Waals surface area contributed by atoms with Gasteiger partial charge in [-0.05, 0) is 26.2 Å². The number of carbonyl (C=O) groups excluding carboxylic acids is 1. The monoisotopic (exact) mass is 310 g/mol. The zero-order valence-electron chi connectivity index (χ0n) is 13.0. The largest absolute Gasteiger partial charge is 0.390 e. The van der Waals surface area contributed by atoms with Crippen LogP contribution in [0.4, 0.5) is 0 Å². The molecule has 1 amide bonds. The zero-order chi connectivity index (χ0) is 16.0. The van der Waals surface area contributed by atoms with Crippen LogP contribution in [0.2, 0.25) is 0 Å². The van der Waals surface area contributed by atoms with Crippen molar-refractivity contribution >= 4 is 5.91 Å². The molecule has 1 unspecified atom stereocenters. The van der Waals surface area contributed by atoms with Crippen LogP contribution in [0.1, 0.15) is 43.2 Å². The highest BCUT2D eigenvalue weighted by Gasteiger charge is 2.45. The average Bonchev–Trinajstić information content (AvgIpc) is 2.77. The molecule has 1 aromatic rings. The third-order valence-electron chi connectivity index (χ3n) is 4.69. The number of aromatic amines is 1. The summed E-state index contributed by atoms with van der Waals surface area (Å²) in [4.78, 5) is 27.9. The lowest BCUT2D eigenvalue weighted by atomic mass is 9.78. The number of hydrogen-bond acceptors (Lipinski definition) is 5. The van der Waals surface area contributed by atoms with Crippen LogP contribution >= 0.6 is 0 Å². The summed E-state index contributed by atoms with van der Waals surface area (Å²) in [5.74, 6) is -0.199. The van der Waals surface area contributed by atoms with Crippen molar-refractivity contribution in [2.24, 2.45) is 7.05 Å². The fourth-order valence-corrected chi connectivity index (χ4v) is 3.41. The number of nitrogens with zero attached hydrogens (tertiary/aromatic N) is 3. The smallest absolute Gasteiger partial charge is 0.343 e. The molecule has 3 heterocycles. The maximum absolute atomic E-state index is 12.4. The summed E-state index contributed by atoms with van der Waals surface area (Å²) in [7, 11) is 1.50. The predicted octanol–water partition coefficient (Wildman–Crippen LogP) is -0.355. The van der Waals surface area contributed by atoms with E-state index < -0.39 is 11.3 Å². The van der Waals surface area contributed by atoms with E-state index in [-0.39, 0.29) is 17.3 Å². The number of carbonyl (C=O) groups is 1. The minimum absolute atomic E-state index is 0.0695. The molecule has 1 spiro atoms. The number of likely N-dealkylation sites (tertiary alicyclic amines) is 1. The standard InChI is InChI=1S/C14H22N4O4/c1-13(21)5-8-22-14(9-13)3-6-18(7-4-14)11(19)10-15-12(20)17(2)16-10/h21H,3-9H2,1-2H3,(H,15,16,20). The Labute approximate surface area is 128 Å². The molecule has 8 nitrogen and oxygen atoms in total. The number of piperidine rings is 1. The molecular weight excluding hydrogens is 288 g/mol. The van der Waals surface area contributed by atoms with Gasteiger partial charge in [-0.25, -0.2) is 9.48 Å². The fraction of sp³-hybridized carbons (Fsp3) is 0.786. The Morgan fingerprint density at radius 3 is 2.59 bits per heavy atom. The molecule has 2 aliphatic heterocycles. The number of aromatic nitrogens is 3. The van der Waals surface area contributed by atoms with Crippen molar-refractivity contribution in [3.8, 4) is 0 Å². The minimum atomic E-state index is -0.698.